The van der Waals surface area contributed by atoms with Gasteiger partial charge in [0.05, 0.1) is 6.07 Å². The summed E-state index contributed by atoms with van der Waals surface area (Å²) in [5, 5.41) is 19.1. The molecule has 9 heteroatoms. The minimum atomic E-state index is -3.87. The van der Waals surface area contributed by atoms with E-state index in [4.69, 9.17) is 5.26 Å². The van der Waals surface area contributed by atoms with Crippen molar-refractivity contribution in [3.8, 4) is 6.07 Å². The summed E-state index contributed by atoms with van der Waals surface area (Å²) in [7, 11) is -2.61. The minimum Gasteiger partial charge on any atom is -0.358 e. The van der Waals surface area contributed by atoms with Gasteiger partial charge in [0.1, 0.15) is 10.9 Å². The fraction of sp³-hybridized carbons (Fsp3) is 0.333. The topological polar surface area (TPSA) is 117 Å². The molecule has 96 valence electrons. The van der Waals surface area contributed by atoms with Crippen LogP contribution in [0.3, 0.4) is 0 Å². The molecule has 1 rings (SSSR count). The molecule has 0 spiro atoms. The Labute approximate surface area is 104 Å². The van der Waals surface area contributed by atoms with Crippen LogP contribution in [0.5, 0.6) is 0 Å². The molecule has 0 radical (unpaired) electrons. The van der Waals surface area contributed by atoms with Gasteiger partial charge in [-0.1, -0.05) is 0 Å². The Bertz CT molecular complexity index is 590. The lowest BCUT2D eigenvalue weighted by Gasteiger charge is -2.17. The number of rotatable bonds is 4. The molecule has 1 heterocycles. The van der Waals surface area contributed by atoms with Gasteiger partial charge in [-0.05, 0) is 22.9 Å². The first-order valence-electron chi connectivity index (χ1n) is 4.78. The van der Waals surface area contributed by atoms with Crippen molar-refractivity contribution < 1.29 is 13.3 Å². The van der Waals surface area contributed by atoms with E-state index in [1.165, 1.54) is 14.0 Å². The van der Waals surface area contributed by atoms with Crippen LogP contribution in [0.1, 0.15) is 6.92 Å². The van der Waals surface area contributed by atoms with Gasteiger partial charge in [0.15, 0.2) is 6.20 Å². The second kappa shape index (κ2) is 5.07. The Kier molecular flexibility index (Phi) is 3.95. The zero-order valence-corrected chi connectivity index (χ0v) is 10.5. The van der Waals surface area contributed by atoms with E-state index in [1.807, 2.05) is 0 Å². The lowest BCUT2D eigenvalue weighted by molar-refractivity contribution is -0.389. The summed E-state index contributed by atoms with van der Waals surface area (Å²) in [5.41, 5.74) is 0. The van der Waals surface area contributed by atoms with E-state index in [2.05, 4.69) is 4.98 Å². The molecule has 0 aliphatic rings. The van der Waals surface area contributed by atoms with Crippen LogP contribution in [0.25, 0.3) is 0 Å². The summed E-state index contributed by atoms with van der Waals surface area (Å²) in [5.74, 6) is -0.440. The van der Waals surface area contributed by atoms with E-state index in [0.29, 0.717) is 0 Å². The largest absolute Gasteiger partial charge is 0.363 e. The Morgan fingerprint density at radius 2 is 2.17 bits per heavy atom. The van der Waals surface area contributed by atoms with Gasteiger partial charge in [-0.3, -0.25) is 0 Å². The van der Waals surface area contributed by atoms with Gasteiger partial charge in [0.2, 0.25) is 10.0 Å². The van der Waals surface area contributed by atoms with Crippen molar-refractivity contribution in [2.24, 2.45) is 0 Å². The maximum atomic E-state index is 12.0. The Hall–Kier alpha value is -2.05. The van der Waals surface area contributed by atoms with Crippen LogP contribution >= 0.6 is 0 Å². The first kappa shape index (κ1) is 14.0. The fourth-order valence-electron chi connectivity index (χ4n) is 1.09. The SMILES string of the molecule is CC(C#N)N(C)S(=O)(=O)c1ccc([N+](=O)[O-])nc1. The molecular formula is C9H10N4O4S. The van der Waals surface area contributed by atoms with E-state index in [1.54, 1.807) is 6.07 Å². The normalized spacial score (nSPS) is 13.0. The van der Waals surface area contributed by atoms with Crippen molar-refractivity contribution in [3.63, 3.8) is 0 Å². The van der Waals surface area contributed by atoms with Crippen LogP contribution in [0, 0.1) is 21.4 Å². The highest BCUT2D eigenvalue weighted by atomic mass is 32.2. The third kappa shape index (κ3) is 2.61. The molecule has 0 amide bonds. The molecule has 0 saturated carbocycles. The highest BCUT2D eigenvalue weighted by molar-refractivity contribution is 7.89. The quantitative estimate of drug-likeness (QED) is 0.581. The van der Waals surface area contributed by atoms with Crippen LogP contribution in [0.15, 0.2) is 23.2 Å². The maximum Gasteiger partial charge on any atom is 0.363 e. The van der Waals surface area contributed by atoms with Gasteiger partial charge in [-0.2, -0.15) is 9.57 Å². The number of hydrogen-bond donors (Lipinski definition) is 0. The van der Waals surface area contributed by atoms with Crippen molar-refractivity contribution in [2.45, 2.75) is 17.9 Å². The van der Waals surface area contributed by atoms with E-state index >= 15 is 0 Å². The molecule has 0 bridgehead atoms. The summed E-state index contributed by atoms with van der Waals surface area (Å²) in [4.78, 5) is 12.9. The number of aromatic nitrogens is 1. The Morgan fingerprint density at radius 1 is 1.56 bits per heavy atom. The zero-order chi connectivity index (χ0) is 13.9. The van der Waals surface area contributed by atoms with Gasteiger partial charge in [0, 0.05) is 13.1 Å². The number of hydrogen-bond acceptors (Lipinski definition) is 6. The summed E-state index contributed by atoms with van der Waals surface area (Å²) in [6.45, 7) is 1.43. The van der Waals surface area contributed by atoms with Gasteiger partial charge >= 0.3 is 5.82 Å². The Morgan fingerprint density at radius 3 is 2.56 bits per heavy atom. The molecule has 0 saturated heterocycles. The minimum absolute atomic E-state index is 0.197. The van der Waals surface area contributed by atoms with Crippen LogP contribution in [0.2, 0.25) is 0 Å². The van der Waals surface area contributed by atoms with E-state index in [0.717, 1.165) is 22.6 Å². The van der Waals surface area contributed by atoms with Crippen LogP contribution in [-0.4, -0.2) is 35.7 Å². The molecule has 0 aliphatic carbocycles. The highest BCUT2D eigenvalue weighted by Gasteiger charge is 2.27. The molecule has 1 aromatic rings. The second-order valence-corrected chi connectivity index (χ2v) is 5.43. The third-order valence-corrected chi connectivity index (χ3v) is 4.23. The van der Waals surface area contributed by atoms with Crippen molar-refractivity contribution in [1.82, 2.24) is 9.29 Å². The molecule has 1 unspecified atom stereocenters. The summed E-state index contributed by atoms with van der Waals surface area (Å²) < 4.78 is 24.8. The predicted molar refractivity (Wildman–Crippen MR) is 60.9 cm³/mol. The predicted octanol–water partition coefficient (Wildman–Crippen LogP) is 0.522. The van der Waals surface area contributed by atoms with Gasteiger partial charge in [-0.15, -0.1) is 0 Å². The number of nitrogens with zero attached hydrogens (tertiary/aromatic N) is 4. The lowest BCUT2D eigenvalue weighted by atomic mass is 10.4. The molecule has 1 atom stereocenters. The number of sulfonamides is 1. The zero-order valence-electron chi connectivity index (χ0n) is 9.64. The maximum absolute atomic E-state index is 12.0. The first-order chi connectivity index (χ1) is 8.30. The smallest absolute Gasteiger partial charge is 0.358 e. The van der Waals surface area contributed by atoms with Gasteiger partial charge in [0.25, 0.3) is 0 Å². The average molecular weight is 270 g/mol. The standard InChI is InChI=1S/C9H10N4O4S/c1-7(5-10)12(2)18(16,17)8-3-4-9(11-6-8)13(14)15/h3-4,6-7H,1-2H3. The third-order valence-electron chi connectivity index (χ3n) is 2.32. The van der Waals surface area contributed by atoms with Crippen LogP contribution < -0.4 is 0 Å². The monoisotopic (exact) mass is 270 g/mol. The molecule has 18 heavy (non-hydrogen) atoms. The molecule has 8 nitrogen and oxygen atoms in total. The second-order valence-electron chi connectivity index (χ2n) is 3.44. The number of nitriles is 1. The van der Waals surface area contributed by atoms with Crippen molar-refractivity contribution in [3.05, 3.63) is 28.4 Å². The van der Waals surface area contributed by atoms with Crippen molar-refractivity contribution in [1.29, 1.82) is 5.26 Å². The lowest BCUT2D eigenvalue weighted by Crippen LogP contribution is -2.34. The highest BCUT2D eigenvalue weighted by Crippen LogP contribution is 2.17. The fourth-order valence-corrected chi connectivity index (χ4v) is 2.31. The van der Waals surface area contributed by atoms with Crippen LogP contribution in [0.4, 0.5) is 5.82 Å². The summed E-state index contributed by atoms with van der Waals surface area (Å²) in [6.07, 6.45) is 0.897. The van der Waals surface area contributed by atoms with Crippen molar-refractivity contribution >= 4 is 15.8 Å². The average Bonchev–Trinajstić information content (AvgIpc) is 2.36. The van der Waals surface area contributed by atoms with Crippen LogP contribution in [-0.2, 0) is 10.0 Å². The van der Waals surface area contributed by atoms with Gasteiger partial charge < -0.3 is 10.1 Å². The first-order valence-corrected chi connectivity index (χ1v) is 6.23. The van der Waals surface area contributed by atoms with E-state index < -0.39 is 26.8 Å². The number of nitro groups is 1. The molecule has 0 fully saturated rings. The van der Waals surface area contributed by atoms with Crippen molar-refractivity contribution in [2.75, 3.05) is 7.05 Å². The molecule has 0 aromatic carbocycles. The number of pyridine rings is 1. The Balaban J connectivity index is 3.14. The van der Waals surface area contributed by atoms with Gasteiger partial charge in [-0.25, -0.2) is 8.42 Å². The molecular weight excluding hydrogens is 260 g/mol. The summed E-state index contributed by atoms with van der Waals surface area (Å²) in [6, 6.07) is 3.03. The van der Waals surface area contributed by atoms with E-state index in [-0.39, 0.29) is 4.90 Å². The summed E-state index contributed by atoms with van der Waals surface area (Å²) >= 11 is 0. The molecule has 0 N–H and O–H groups in total. The molecule has 0 aliphatic heterocycles. The molecule has 1 aromatic heterocycles. The van der Waals surface area contributed by atoms with E-state index in [9.17, 15) is 18.5 Å².